The lowest BCUT2D eigenvalue weighted by Gasteiger charge is -2.25. The smallest absolute Gasteiger partial charge is 0.227 e. The molecular formula is C15H20ClN3O. The zero-order chi connectivity index (χ0) is 13.2. The third-order valence-corrected chi connectivity index (χ3v) is 3.77. The highest BCUT2D eigenvalue weighted by Gasteiger charge is 2.14. The fraction of sp³-hybridized carbons (Fsp3) is 0.400. The number of hydrogen-bond acceptors (Lipinski definition) is 3. The van der Waals surface area contributed by atoms with E-state index in [0.29, 0.717) is 6.04 Å². The summed E-state index contributed by atoms with van der Waals surface area (Å²) in [5.41, 5.74) is 2.11. The molecule has 4 nitrogen and oxygen atoms in total. The number of halogens is 1. The van der Waals surface area contributed by atoms with E-state index in [1.807, 2.05) is 24.4 Å². The number of nitrogens with one attached hydrogen (secondary N) is 2. The fourth-order valence-electron chi connectivity index (χ4n) is 2.75. The number of nitrogens with zero attached hydrogens (tertiary/aromatic N) is 1. The van der Waals surface area contributed by atoms with Crippen LogP contribution >= 0.6 is 12.4 Å². The van der Waals surface area contributed by atoms with Crippen LogP contribution in [-0.4, -0.2) is 29.6 Å². The normalized spacial score (nSPS) is 15.8. The quantitative estimate of drug-likeness (QED) is 0.895. The lowest BCUT2D eigenvalue weighted by atomic mass is 10.1. The van der Waals surface area contributed by atoms with Gasteiger partial charge in [0, 0.05) is 30.2 Å². The van der Waals surface area contributed by atoms with Gasteiger partial charge >= 0.3 is 0 Å². The van der Waals surface area contributed by atoms with Gasteiger partial charge in [0.2, 0.25) is 5.91 Å². The summed E-state index contributed by atoms with van der Waals surface area (Å²) in [4.78, 5) is 11.6. The molecule has 0 bridgehead atoms. The molecule has 0 aliphatic carbocycles. The Kier molecular flexibility index (Phi) is 4.68. The van der Waals surface area contributed by atoms with Crippen molar-refractivity contribution in [3.8, 4) is 0 Å². The molecule has 1 aromatic carbocycles. The molecule has 2 aromatic rings. The second-order valence-corrected chi connectivity index (χ2v) is 5.11. The van der Waals surface area contributed by atoms with Crippen LogP contribution < -0.4 is 10.6 Å². The highest BCUT2D eigenvalue weighted by atomic mass is 35.5. The summed E-state index contributed by atoms with van der Waals surface area (Å²) in [6, 6.07) is 8.62. The van der Waals surface area contributed by atoms with E-state index in [1.54, 1.807) is 11.5 Å². The van der Waals surface area contributed by atoms with Gasteiger partial charge in [-0.1, -0.05) is 6.07 Å². The van der Waals surface area contributed by atoms with Crippen molar-refractivity contribution in [1.82, 2.24) is 9.88 Å². The third kappa shape index (κ3) is 2.81. The highest BCUT2D eigenvalue weighted by molar-refractivity contribution is 5.98. The lowest BCUT2D eigenvalue weighted by Crippen LogP contribution is -2.35. The Hall–Kier alpha value is -1.52. The largest absolute Gasteiger partial charge is 0.382 e. The van der Waals surface area contributed by atoms with Gasteiger partial charge in [-0.25, -0.2) is 0 Å². The van der Waals surface area contributed by atoms with E-state index < -0.39 is 0 Å². The van der Waals surface area contributed by atoms with E-state index in [0.717, 1.165) is 42.5 Å². The number of piperidine rings is 1. The van der Waals surface area contributed by atoms with Crippen LogP contribution in [0.2, 0.25) is 0 Å². The van der Waals surface area contributed by atoms with Gasteiger partial charge in [0.1, 0.15) is 0 Å². The Balaban J connectivity index is 0.00000147. The van der Waals surface area contributed by atoms with Crippen molar-refractivity contribution < 1.29 is 4.79 Å². The summed E-state index contributed by atoms with van der Waals surface area (Å²) in [5.74, 6) is 0.0500. The molecule has 5 heteroatoms. The SMILES string of the molecule is CC(=O)n1ccc2c(NC3CCNCC3)cccc21.Cl. The summed E-state index contributed by atoms with van der Waals surface area (Å²) in [6.07, 6.45) is 4.13. The van der Waals surface area contributed by atoms with Gasteiger partial charge < -0.3 is 10.6 Å². The molecule has 2 N–H and O–H groups in total. The predicted molar refractivity (Wildman–Crippen MR) is 85.0 cm³/mol. The molecule has 2 heterocycles. The molecule has 108 valence electrons. The monoisotopic (exact) mass is 293 g/mol. The first-order valence-corrected chi connectivity index (χ1v) is 6.84. The molecule has 0 amide bonds. The lowest BCUT2D eigenvalue weighted by molar-refractivity contribution is 0.0941. The maximum absolute atomic E-state index is 11.6. The Morgan fingerprint density at radius 1 is 1.30 bits per heavy atom. The van der Waals surface area contributed by atoms with Gasteiger partial charge in [0.15, 0.2) is 0 Å². The van der Waals surface area contributed by atoms with Gasteiger partial charge in [-0.15, -0.1) is 12.4 Å². The van der Waals surface area contributed by atoms with Crippen LogP contribution in [-0.2, 0) is 0 Å². The van der Waals surface area contributed by atoms with Crippen LogP contribution in [0.3, 0.4) is 0 Å². The molecule has 0 unspecified atom stereocenters. The first-order chi connectivity index (χ1) is 9.25. The van der Waals surface area contributed by atoms with Crippen LogP contribution in [0.15, 0.2) is 30.5 Å². The van der Waals surface area contributed by atoms with Crippen molar-refractivity contribution >= 4 is 34.9 Å². The minimum absolute atomic E-state index is 0. The Labute approximate surface area is 124 Å². The zero-order valence-electron chi connectivity index (χ0n) is 11.6. The zero-order valence-corrected chi connectivity index (χ0v) is 12.4. The van der Waals surface area contributed by atoms with E-state index in [4.69, 9.17) is 0 Å². The maximum atomic E-state index is 11.6. The summed E-state index contributed by atoms with van der Waals surface area (Å²) in [7, 11) is 0. The van der Waals surface area contributed by atoms with E-state index in [9.17, 15) is 4.79 Å². The van der Waals surface area contributed by atoms with E-state index in [2.05, 4.69) is 16.7 Å². The fourth-order valence-corrected chi connectivity index (χ4v) is 2.75. The first kappa shape index (κ1) is 14.9. The van der Waals surface area contributed by atoms with E-state index >= 15 is 0 Å². The van der Waals surface area contributed by atoms with E-state index in [-0.39, 0.29) is 18.3 Å². The number of benzene rings is 1. The standard InChI is InChI=1S/C15H19N3O.ClH/c1-11(19)18-10-7-13-14(3-2-4-15(13)18)17-12-5-8-16-9-6-12;/h2-4,7,10,12,16-17H,5-6,8-9H2,1H3;1H. The molecule has 1 aliphatic heterocycles. The molecule has 20 heavy (non-hydrogen) atoms. The maximum Gasteiger partial charge on any atom is 0.227 e. The molecule has 1 aliphatic rings. The number of anilines is 1. The molecule has 1 aromatic heterocycles. The number of carbonyl (C=O) groups is 1. The van der Waals surface area contributed by atoms with Crippen molar-refractivity contribution in [3.05, 3.63) is 30.5 Å². The third-order valence-electron chi connectivity index (χ3n) is 3.77. The Bertz CT molecular complexity index is 602. The predicted octanol–water partition coefficient (Wildman–Crippen LogP) is 2.89. The second kappa shape index (κ2) is 6.29. The molecule has 3 rings (SSSR count). The Morgan fingerprint density at radius 2 is 2.05 bits per heavy atom. The van der Waals surface area contributed by atoms with Crippen LogP contribution in [0, 0.1) is 0 Å². The average Bonchev–Trinajstić information content (AvgIpc) is 2.85. The first-order valence-electron chi connectivity index (χ1n) is 6.84. The van der Waals surface area contributed by atoms with Gasteiger partial charge in [0.25, 0.3) is 0 Å². The molecular weight excluding hydrogens is 274 g/mol. The Morgan fingerprint density at radius 3 is 2.75 bits per heavy atom. The minimum atomic E-state index is 0. The average molecular weight is 294 g/mol. The molecule has 0 atom stereocenters. The molecule has 1 fully saturated rings. The number of aromatic nitrogens is 1. The van der Waals surface area contributed by atoms with Crippen molar-refractivity contribution in [2.75, 3.05) is 18.4 Å². The number of carbonyl (C=O) groups excluding carboxylic acids is 1. The van der Waals surface area contributed by atoms with Crippen molar-refractivity contribution in [3.63, 3.8) is 0 Å². The van der Waals surface area contributed by atoms with E-state index in [1.165, 1.54) is 0 Å². The van der Waals surface area contributed by atoms with Crippen LogP contribution in [0.5, 0.6) is 0 Å². The van der Waals surface area contributed by atoms with Crippen LogP contribution in [0.25, 0.3) is 10.9 Å². The summed E-state index contributed by atoms with van der Waals surface area (Å²) in [6.45, 7) is 3.73. The number of rotatable bonds is 2. The van der Waals surface area contributed by atoms with Gasteiger partial charge in [-0.2, -0.15) is 0 Å². The van der Waals surface area contributed by atoms with Gasteiger partial charge in [-0.05, 0) is 44.1 Å². The minimum Gasteiger partial charge on any atom is -0.382 e. The number of hydrogen-bond donors (Lipinski definition) is 2. The highest BCUT2D eigenvalue weighted by Crippen LogP contribution is 2.26. The summed E-state index contributed by atoms with van der Waals surface area (Å²) >= 11 is 0. The molecule has 1 saturated heterocycles. The molecule has 0 saturated carbocycles. The van der Waals surface area contributed by atoms with Crippen LogP contribution in [0.1, 0.15) is 24.6 Å². The van der Waals surface area contributed by atoms with Crippen molar-refractivity contribution in [1.29, 1.82) is 0 Å². The molecule has 0 spiro atoms. The van der Waals surface area contributed by atoms with Crippen LogP contribution in [0.4, 0.5) is 5.69 Å². The number of fused-ring (bicyclic) bond motifs is 1. The summed E-state index contributed by atoms with van der Waals surface area (Å²) < 4.78 is 1.70. The topological polar surface area (TPSA) is 46.1 Å². The van der Waals surface area contributed by atoms with Gasteiger partial charge in [-0.3, -0.25) is 9.36 Å². The second-order valence-electron chi connectivity index (χ2n) is 5.11. The molecule has 0 radical (unpaired) electrons. The summed E-state index contributed by atoms with van der Waals surface area (Å²) in [5, 5.41) is 8.10. The van der Waals surface area contributed by atoms with Crippen molar-refractivity contribution in [2.45, 2.75) is 25.8 Å². The van der Waals surface area contributed by atoms with Gasteiger partial charge in [0.05, 0.1) is 5.52 Å². The van der Waals surface area contributed by atoms with Crippen molar-refractivity contribution in [2.24, 2.45) is 0 Å².